The molecule has 2 saturated heterocycles. The molecule has 5 rings (SSSR count). The molecule has 1 atom stereocenters. The van der Waals surface area contributed by atoms with Gasteiger partial charge in [-0.2, -0.15) is 4.37 Å². The molecule has 3 aliphatic rings. The van der Waals surface area contributed by atoms with Gasteiger partial charge in [-0.15, -0.1) is 0 Å². The number of carbonyl (C=O) groups is 2. The van der Waals surface area contributed by atoms with Crippen molar-refractivity contribution >= 4 is 28.5 Å². The number of aromatic nitrogens is 2. The standard InChI is InChI=1S/C22H26N4O5S/c1-13-15(3-4-16-17(13)12-30-19(16)28)18(27)11-25-7-5-22(6-8-25)20(29)26(9-10-31-22)21-23-14(2)24-32-21/h3-4,18,27H,5-12H2,1-2H3/t18-/m0/s1. The molecule has 0 aliphatic carbocycles. The third-order valence-electron chi connectivity index (χ3n) is 6.74. The summed E-state index contributed by atoms with van der Waals surface area (Å²) < 4.78 is 15.3. The quantitative estimate of drug-likeness (QED) is 0.691. The molecule has 32 heavy (non-hydrogen) atoms. The lowest BCUT2D eigenvalue weighted by atomic mass is 9.88. The van der Waals surface area contributed by atoms with Crippen molar-refractivity contribution in [3.63, 3.8) is 0 Å². The van der Waals surface area contributed by atoms with Crippen LogP contribution >= 0.6 is 11.5 Å². The van der Waals surface area contributed by atoms with Crippen LogP contribution in [0.3, 0.4) is 0 Å². The topological polar surface area (TPSA) is 105 Å². The molecular formula is C22H26N4O5S. The third-order valence-corrected chi connectivity index (χ3v) is 7.57. The lowest BCUT2D eigenvalue weighted by Gasteiger charge is -2.45. The van der Waals surface area contributed by atoms with E-state index in [2.05, 4.69) is 14.3 Å². The minimum Gasteiger partial charge on any atom is -0.457 e. The predicted molar refractivity (Wildman–Crippen MR) is 117 cm³/mol. The van der Waals surface area contributed by atoms with E-state index in [-0.39, 0.29) is 18.5 Å². The smallest absolute Gasteiger partial charge is 0.338 e. The maximum Gasteiger partial charge on any atom is 0.338 e. The van der Waals surface area contributed by atoms with Crippen molar-refractivity contribution in [3.05, 3.63) is 40.2 Å². The first kappa shape index (κ1) is 21.4. The Balaban J connectivity index is 1.24. The second-order valence-electron chi connectivity index (χ2n) is 8.62. The normalized spacial score (nSPS) is 21.7. The molecule has 0 radical (unpaired) electrons. The second kappa shape index (κ2) is 8.18. The first-order valence-corrected chi connectivity index (χ1v) is 11.6. The van der Waals surface area contributed by atoms with Gasteiger partial charge >= 0.3 is 5.97 Å². The highest BCUT2D eigenvalue weighted by Gasteiger charge is 2.48. The molecule has 1 N–H and O–H groups in total. The molecule has 3 aliphatic heterocycles. The van der Waals surface area contributed by atoms with Crippen LogP contribution in [0.15, 0.2) is 12.1 Å². The maximum atomic E-state index is 13.3. The van der Waals surface area contributed by atoms with Crippen LogP contribution < -0.4 is 4.90 Å². The number of aliphatic hydroxyl groups is 1. The van der Waals surface area contributed by atoms with E-state index in [1.165, 1.54) is 11.5 Å². The van der Waals surface area contributed by atoms with E-state index >= 15 is 0 Å². The number of ether oxygens (including phenoxy) is 2. The van der Waals surface area contributed by atoms with Gasteiger partial charge in [0.15, 0.2) is 0 Å². The molecule has 1 aromatic carbocycles. The average Bonchev–Trinajstić information content (AvgIpc) is 3.38. The number of aryl methyl sites for hydroxylation is 1. The van der Waals surface area contributed by atoms with Crippen LogP contribution in [-0.4, -0.2) is 69.6 Å². The summed E-state index contributed by atoms with van der Waals surface area (Å²) in [6, 6.07) is 3.55. The van der Waals surface area contributed by atoms with E-state index in [1.807, 2.05) is 19.9 Å². The molecule has 9 nitrogen and oxygen atoms in total. The van der Waals surface area contributed by atoms with Crippen molar-refractivity contribution in [1.82, 2.24) is 14.3 Å². The average molecular weight is 459 g/mol. The van der Waals surface area contributed by atoms with Crippen molar-refractivity contribution in [3.8, 4) is 0 Å². The van der Waals surface area contributed by atoms with Gasteiger partial charge in [-0.25, -0.2) is 9.78 Å². The minimum absolute atomic E-state index is 0.0424. The number of benzene rings is 1. The predicted octanol–water partition coefficient (Wildman–Crippen LogP) is 1.76. The molecule has 2 fully saturated rings. The van der Waals surface area contributed by atoms with Gasteiger partial charge in [0.25, 0.3) is 5.91 Å². The van der Waals surface area contributed by atoms with Crippen LogP contribution in [0.4, 0.5) is 5.13 Å². The highest BCUT2D eigenvalue weighted by molar-refractivity contribution is 7.09. The summed E-state index contributed by atoms with van der Waals surface area (Å²) in [7, 11) is 0. The molecule has 4 heterocycles. The number of amides is 1. The van der Waals surface area contributed by atoms with Gasteiger partial charge in [-0.05, 0) is 43.9 Å². The number of cyclic esters (lactones) is 1. The first-order valence-electron chi connectivity index (χ1n) is 10.8. The van der Waals surface area contributed by atoms with Gasteiger partial charge in [0, 0.05) is 36.7 Å². The highest BCUT2D eigenvalue weighted by atomic mass is 32.1. The van der Waals surface area contributed by atoms with Crippen LogP contribution in [0.25, 0.3) is 0 Å². The van der Waals surface area contributed by atoms with Crippen LogP contribution in [-0.2, 0) is 20.9 Å². The Labute approximate surface area is 190 Å². The number of piperidine rings is 1. The van der Waals surface area contributed by atoms with Gasteiger partial charge < -0.3 is 19.5 Å². The van der Waals surface area contributed by atoms with Crippen molar-refractivity contribution < 1.29 is 24.2 Å². The van der Waals surface area contributed by atoms with Gasteiger partial charge in [-0.3, -0.25) is 9.69 Å². The van der Waals surface area contributed by atoms with E-state index in [4.69, 9.17) is 9.47 Å². The molecule has 2 aromatic rings. The summed E-state index contributed by atoms with van der Waals surface area (Å²) in [6.07, 6.45) is 0.449. The van der Waals surface area contributed by atoms with Crippen LogP contribution in [0, 0.1) is 13.8 Å². The molecule has 1 spiro atoms. The fourth-order valence-electron chi connectivity index (χ4n) is 4.85. The summed E-state index contributed by atoms with van der Waals surface area (Å²) in [5, 5.41) is 11.5. The van der Waals surface area contributed by atoms with Gasteiger partial charge in [0.1, 0.15) is 18.0 Å². The summed E-state index contributed by atoms with van der Waals surface area (Å²) in [4.78, 5) is 33.3. The SMILES string of the molecule is Cc1nsc(N2CCOC3(CCN(C[C@H](O)c4ccc5c(c4C)COC5=O)CC3)C2=O)n1. The summed E-state index contributed by atoms with van der Waals surface area (Å²) in [5.41, 5.74) is 2.33. The Kier molecular flexibility index (Phi) is 5.48. The number of anilines is 1. The fraction of sp³-hybridized carbons (Fsp3) is 0.545. The summed E-state index contributed by atoms with van der Waals surface area (Å²) >= 11 is 1.24. The molecule has 0 bridgehead atoms. The Morgan fingerprint density at radius 3 is 2.72 bits per heavy atom. The number of fused-ring (bicyclic) bond motifs is 1. The number of morpholine rings is 1. The monoisotopic (exact) mass is 458 g/mol. The third kappa shape index (κ3) is 3.61. The number of hydrogen-bond donors (Lipinski definition) is 1. The number of likely N-dealkylation sites (tertiary alicyclic amines) is 1. The van der Waals surface area contributed by atoms with Crippen molar-refractivity contribution in [2.24, 2.45) is 0 Å². The molecule has 1 aromatic heterocycles. The van der Waals surface area contributed by atoms with Crippen molar-refractivity contribution in [1.29, 1.82) is 0 Å². The number of rotatable bonds is 4. The largest absolute Gasteiger partial charge is 0.457 e. The maximum absolute atomic E-state index is 13.3. The van der Waals surface area contributed by atoms with Crippen LogP contribution in [0.1, 0.15) is 51.8 Å². The lowest BCUT2D eigenvalue weighted by molar-refractivity contribution is -0.158. The molecule has 170 valence electrons. The zero-order valence-corrected chi connectivity index (χ0v) is 19.0. The Morgan fingerprint density at radius 1 is 1.22 bits per heavy atom. The zero-order valence-electron chi connectivity index (χ0n) is 18.2. The van der Waals surface area contributed by atoms with E-state index in [0.717, 1.165) is 16.7 Å². The van der Waals surface area contributed by atoms with Gasteiger partial charge in [-0.1, -0.05) is 6.07 Å². The van der Waals surface area contributed by atoms with E-state index < -0.39 is 11.7 Å². The number of hydrogen-bond acceptors (Lipinski definition) is 9. The first-order chi connectivity index (χ1) is 15.4. The molecule has 0 unspecified atom stereocenters. The number of esters is 1. The summed E-state index contributed by atoms with van der Waals surface area (Å²) in [6.45, 7) is 6.72. The van der Waals surface area contributed by atoms with E-state index in [1.54, 1.807) is 11.0 Å². The molecular weight excluding hydrogens is 432 g/mol. The Bertz CT molecular complexity index is 1060. The second-order valence-corrected chi connectivity index (χ2v) is 9.35. The highest BCUT2D eigenvalue weighted by Crippen LogP contribution is 2.35. The Hall–Kier alpha value is -2.40. The van der Waals surface area contributed by atoms with E-state index in [9.17, 15) is 14.7 Å². The van der Waals surface area contributed by atoms with Crippen LogP contribution in [0.2, 0.25) is 0 Å². The van der Waals surface area contributed by atoms with Crippen molar-refractivity contribution in [2.45, 2.75) is 45.0 Å². The fourth-order valence-corrected chi connectivity index (χ4v) is 5.55. The molecule has 1 amide bonds. The number of nitrogens with zero attached hydrogens (tertiary/aromatic N) is 4. The van der Waals surface area contributed by atoms with Gasteiger partial charge in [0.2, 0.25) is 5.13 Å². The minimum atomic E-state index is -0.833. The number of β-amino-alcohol motifs (C(OH)–C–C–N with tert-alkyl or cyclic N) is 1. The molecule has 0 saturated carbocycles. The summed E-state index contributed by atoms with van der Waals surface area (Å²) in [5.74, 6) is 0.319. The van der Waals surface area contributed by atoms with E-state index in [0.29, 0.717) is 62.1 Å². The zero-order chi connectivity index (χ0) is 22.5. The number of aliphatic hydroxyl groups excluding tert-OH is 1. The molecule has 10 heteroatoms. The van der Waals surface area contributed by atoms with Crippen LogP contribution in [0.5, 0.6) is 0 Å². The number of carbonyl (C=O) groups excluding carboxylic acids is 2. The van der Waals surface area contributed by atoms with Crippen molar-refractivity contribution in [2.75, 3.05) is 37.7 Å². The van der Waals surface area contributed by atoms with Gasteiger partial charge in [0.05, 0.1) is 24.8 Å². The lowest BCUT2D eigenvalue weighted by Crippen LogP contribution is -2.61. The Morgan fingerprint density at radius 2 is 2.00 bits per heavy atom.